The van der Waals surface area contributed by atoms with Crippen molar-refractivity contribution in [3.05, 3.63) is 47.5 Å². The summed E-state index contributed by atoms with van der Waals surface area (Å²) in [7, 11) is 1.41. The molecule has 2 aromatic carbocycles. The Bertz CT molecular complexity index is 852. The second kappa shape index (κ2) is 6.44. The zero-order chi connectivity index (χ0) is 19.1. The zero-order valence-corrected chi connectivity index (χ0v) is 14.2. The second-order valence-corrected chi connectivity index (χ2v) is 5.94. The fourth-order valence-corrected chi connectivity index (χ4v) is 2.95. The Morgan fingerprint density at radius 2 is 1.62 bits per heavy atom. The van der Waals surface area contributed by atoms with Crippen molar-refractivity contribution < 1.29 is 27.8 Å². The summed E-state index contributed by atoms with van der Waals surface area (Å²) in [6.07, 6.45) is -4.48. The monoisotopic (exact) mass is 366 g/mol. The minimum atomic E-state index is -4.48. The van der Waals surface area contributed by atoms with Crippen molar-refractivity contribution in [2.45, 2.75) is 13.1 Å². The van der Waals surface area contributed by atoms with Crippen molar-refractivity contribution in [3.8, 4) is 11.5 Å². The molecule has 138 valence electrons. The van der Waals surface area contributed by atoms with E-state index in [2.05, 4.69) is 0 Å². The van der Waals surface area contributed by atoms with Gasteiger partial charge in [-0.05, 0) is 36.8 Å². The number of urea groups is 1. The molecule has 2 aromatic rings. The van der Waals surface area contributed by atoms with E-state index in [1.807, 2.05) is 0 Å². The van der Waals surface area contributed by atoms with Crippen LogP contribution in [0.15, 0.2) is 36.4 Å². The van der Waals surface area contributed by atoms with Gasteiger partial charge in [0, 0.05) is 30.5 Å². The molecule has 0 aromatic heterocycles. The Hall–Kier alpha value is -2.90. The maximum absolute atomic E-state index is 13.1. The number of aryl methyl sites for hydroxylation is 1. The van der Waals surface area contributed by atoms with Crippen LogP contribution in [0.4, 0.5) is 29.3 Å². The maximum Gasteiger partial charge on any atom is 0.416 e. The van der Waals surface area contributed by atoms with E-state index in [-0.39, 0.29) is 29.3 Å². The molecule has 0 atom stereocenters. The number of hydrogen-bond acceptors (Lipinski definition) is 3. The summed E-state index contributed by atoms with van der Waals surface area (Å²) in [5, 5.41) is 9.88. The van der Waals surface area contributed by atoms with Crippen LogP contribution in [0.25, 0.3) is 0 Å². The summed E-state index contributed by atoms with van der Waals surface area (Å²) in [5.41, 5.74) is -0.0275. The van der Waals surface area contributed by atoms with Gasteiger partial charge in [-0.1, -0.05) is 6.07 Å². The molecule has 0 saturated carbocycles. The van der Waals surface area contributed by atoms with Gasteiger partial charge in [0.1, 0.15) is 0 Å². The number of carbonyl (C=O) groups is 1. The number of carbonyl (C=O) groups excluding carboxylic acids is 1. The highest BCUT2D eigenvalue weighted by molar-refractivity contribution is 6.06. The number of anilines is 2. The summed E-state index contributed by atoms with van der Waals surface area (Å²) in [6.45, 7) is 1.91. The molecule has 26 heavy (non-hydrogen) atoms. The van der Waals surface area contributed by atoms with Crippen molar-refractivity contribution in [1.29, 1.82) is 0 Å². The standard InChI is InChI=1S/C18H17F3N2O3/c1-11-3-4-12(9-14(11)18(19,20)21)22-7-8-23(17(22)25)13-5-6-16(26-2)15(24)10-13/h3-6,9-10,24H,7-8H2,1-2H3. The van der Waals surface area contributed by atoms with Gasteiger partial charge in [0.15, 0.2) is 11.5 Å². The largest absolute Gasteiger partial charge is 0.504 e. The Morgan fingerprint density at radius 3 is 2.15 bits per heavy atom. The number of methoxy groups -OCH3 is 1. The van der Waals surface area contributed by atoms with Crippen molar-refractivity contribution >= 4 is 17.4 Å². The van der Waals surface area contributed by atoms with Gasteiger partial charge in [-0.25, -0.2) is 4.79 Å². The van der Waals surface area contributed by atoms with Gasteiger partial charge >= 0.3 is 12.2 Å². The SMILES string of the molecule is COc1ccc(N2CCN(c3ccc(C)c(C(F)(F)F)c3)C2=O)cc1O. The van der Waals surface area contributed by atoms with E-state index < -0.39 is 17.8 Å². The molecule has 0 bridgehead atoms. The molecule has 1 heterocycles. The highest BCUT2D eigenvalue weighted by Crippen LogP contribution is 2.36. The Balaban J connectivity index is 1.89. The topological polar surface area (TPSA) is 53.0 Å². The number of phenols is 1. The molecule has 1 fully saturated rings. The molecule has 1 aliphatic rings. The van der Waals surface area contributed by atoms with E-state index in [1.165, 1.54) is 48.1 Å². The van der Waals surface area contributed by atoms with Gasteiger partial charge in [-0.2, -0.15) is 13.2 Å². The maximum atomic E-state index is 13.1. The van der Waals surface area contributed by atoms with Gasteiger partial charge in [-0.15, -0.1) is 0 Å². The van der Waals surface area contributed by atoms with Crippen molar-refractivity contribution in [3.63, 3.8) is 0 Å². The number of rotatable bonds is 3. The molecular formula is C18H17F3N2O3. The zero-order valence-electron chi connectivity index (χ0n) is 14.2. The van der Waals surface area contributed by atoms with Crippen LogP contribution in [0, 0.1) is 6.92 Å². The summed E-state index contributed by atoms with van der Waals surface area (Å²) >= 11 is 0. The lowest BCUT2D eigenvalue weighted by Crippen LogP contribution is -2.31. The molecule has 1 aliphatic heterocycles. The number of phenolic OH excluding ortho intramolecular Hbond substituents is 1. The van der Waals surface area contributed by atoms with Crippen LogP contribution in [-0.4, -0.2) is 31.3 Å². The van der Waals surface area contributed by atoms with E-state index in [0.29, 0.717) is 12.2 Å². The van der Waals surface area contributed by atoms with Crippen LogP contribution >= 0.6 is 0 Å². The normalized spacial score (nSPS) is 14.9. The Labute approximate surface area is 148 Å². The molecule has 0 spiro atoms. The minimum Gasteiger partial charge on any atom is -0.504 e. The molecule has 0 unspecified atom stereocenters. The predicted molar refractivity (Wildman–Crippen MR) is 90.9 cm³/mol. The summed E-state index contributed by atoms with van der Waals surface area (Å²) in [4.78, 5) is 15.4. The lowest BCUT2D eigenvalue weighted by atomic mass is 10.1. The lowest BCUT2D eigenvalue weighted by Gasteiger charge is -2.21. The number of hydrogen-bond donors (Lipinski definition) is 1. The molecule has 2 amide bonds. The third-order valence-corrected chi connectivity index (χ3v) is 4.32. The number of ether oxygens (including phenoxy) is 1. The second-order valence-electron chi connectivity index (χ2n) is 5.94. The van der Waals surface area contributed by atoms with Gasteiger partial charge in [0.25, 0.3) is 0 Å². The predicted octanol–water partition coefficient (Wildman–Crippen LogP) is 4.17. The molecule has 5 nitrogen and oxygen atoms in total. The lowest BCUT2D eigenvalue weighted by molar-refractivity contribution is -0.138. The van der Waals surface area contributed by atoms with Gasteiger partial charge in [-0.3, -0.25) is 9.80 Å². The highest BCUT2D eigenvalue weighted by atomic mass is 19.4. The smallest absolute Gasteiger partial charge is 0.416 e. The third kappa shape index (κ3) is 3.14. The highest BCUT2D eigenvalue weighted by Gasteiger charge is 2.35. The van der Waals surface area contributed by atoms with Crippen LogP contribution < -0.4 is 14.5 Å². The van der Waals surface area contributed by atoms with Crippen molar-refractivity contribution in [1.82, 2.24) is 0 Å². The van der Waals surface area contributed by atoms with Gasteiger partial charge in [0.05, 0.1) is 12.7 Å². The summed E-state index contributed by atoms with van der Waals surface area (Å²) in [5.74, 6) is 0.150. The number of amides is 2. The number of halogens is 3. The van der Waals surface area contributed by atoms with E-state index in [4.69, 9.17) is 4.74 Å². The first-order valence-electron chi connectivity index (χ1n) is 7.86. The first kappa shape index (κ1) is 17.9. The van der Waals surface area contributed by atoms with Crippen molar-refractivity contribution in [2.75, 3.05) is 30.0 Å². The quantitative estimate of drug-likeness (QED) is 0.887. The first-order valence-corrected chi connectivity index (χ1v) is 7.86. The molecule has 1 saturated heterocycles. The van der Waals surface area contributed by atoms with E-state index >= 15 is 0 Å². The molecule has 1 N–H and O–H groups in total. The molecule has 8 heteroatoms. The van der Waals surface area contributed by atoms with Crippen LogP contribution in [0.2, 0.25) is 0 Å². The Kier molecular flexibility index (Phi) is 4.43. The van der Waals surface area contributed by atoms with Crippen LogP contribution in [0.3, 0.4) is 0 Å². The minimum absolute atomic E-state index is 0.102. The average Bonchev–Trinajstić information content (AvgIpc) is 2.96. The van der Waals surface area contributed by atoms with Gasteiger partial charge < -0.3 is 9.84 Å². The number of alkyl halides is 3. The fourth-order valence-electron chi connectivity index (χ4n) is 2.95. The van der Waals surface area contributed by atoms with Crippen LogP contribution in [0.5, 0.6) is 11.5 Å². The van der Waals surface area contributed by atoms with Crippen LogP contribution in [-0.2, 0) is 6.18 Å². The molecule has 3 rings (SSSR count). The molecular weight excluding hydrogens is 349 g/mol. The van der Waals surface area contributed by atoms with Crippen molar-refractivity contribution in [2.24, 2.45) is 0 Å². The van der Waals surface area contributed by atoms with E-state index in [0.717, 1.165) is 6.07 Å². The van der Waals surface area contributed by atoms with E-state index in [9.17, 15) is 23.1 Å². The van der Waals surface area contributed by atoms with E-state index in [1.54, 1.807) is 6.07 Å². The molecule has 0 aliphatic carbocycles. The average molecular weight is 366 g/mol. The van der Waals surface area contributed by atoms with Gasteiger partial charge in [0.2, 0.25) is 0 Å². The fraction of sp³-hybridized carbons (Fsp3) is 0.278. The first-order chi connectivity index (χ1) is 12.2. The summed E-state index contributed by atoms with van der Waals surface area (Å²) in [6, 6.07) is 7.90. The van der Waals surface area contributed by atoms with Crippen LogP contribution in [0.1, 0.15) is 11.1 Å². The number of aromatic hydroxyl groups is 1. The molecule has 0 radical (unpaired) electrons. The number of nitrogens with zero attached hydrogens (tertiary/aromatic N) is 2. The summed E-state index contributed by atoms with van der Waals surface area (Å²) < 4.78 is 44.3. The Morgan fingerprint density at radius 1 is 1.04 bits per heavy atom. The third-order valence-electron chi connectivity index (χ3n) is 4.32. The number of benzene rings is 2.